The minimum absolute atomic E-state index is 0.134. The predicted octanol–water partition coefficient (Wildman–Crippen LogP) is -1.89. The van der Waals surface area contributed by atoms with Crippen LogP contribution in [-0.2, 0) is 14.3 Å². The SMILES string of the molecule is COC(=O)C(CSCC(O)C(O)CO)NC(C)=O. The molecule has 3 atom stereocenters. The molecule has 0 fully saturated rings. The van der Waals surface area contributed by atoms with Crippen molar-refractivity contribution in [2.24, 2.45) is 0 Å². The first kappa shape index (κ1) is 17.2. The fourth-order valence-corrected chi connectivity index (χ4v) is 2.15. The molecule has 0 heterocycles. The van der Waals surface area contributed by atoms with E-state index in [2.05, 4.69) is 10.1 Å². The number of amides is 1. The highest BCUT2D eigenvalue weighted by molar-refractivity contribution is 7.99. The molecule has 8 heteroatoms. The molecule has 0 aliphatic heterocycles. The number of esters is 1. The molecule has 0 aliphatic carbocycles. The zero-order valence-corrected chi connectivity index (χ0v) is 11.1. The van der Waals surface area contributed by atoms with E-state index in [0.717, 1.165) is 11.8 Å². The van der Waals surface area contributed by atoms with Gasteiger partial charge >= 0.3 is 5.97 Å². The zero-order chi connectivity index (χ0) is 14.1. The molecular formula is C10H19NO6S. The molecule has 0 aromatic rings. The van der Waals surface area contributed by atoms with Gasteiger partial charge in [0.1, 0.15) is 12.1 Å². The van der Waals surface area contributed by atoms with Gasteiger partial charge in [0, 0.05) is 18.4 Å². The Kier molecular flexibility index (Phi) is 8.73. The average Bonchev–Trinajstić information content (AvgIpc) is 2.34. The van der Waals surface area contributed by atoms with Crippen LogP contribution in [0.5, 0.6) is 0 Å². The molecule has 0 saturated carbocycles. The van der Waals surface area contributed by atoms with Gasteiger partial charge in [0.2, 0.25) is 5.91 Å². The second-order valence-electron chi connectivity index (χ2n) is 3.63. The first-order valence-electron chi connectivity index (χ1n) is 5.32. The van der Waals surface area contributed by atoms with Crippen LogP contribution in [0.25, 0.3) is 0 Å². The smallest absolute Gasteiger partial charge is 0.329 e. The third-order valence-electron chi connectivity index (χ3n) is 2.07. The van der Waals surface area contributed by atoms with Gasteiger partial charge in [-0.1, -0.05) is 0 Å². The van der Waals surface area contributed by atoms with Crippen molar-refractivity contribution in [2.45, 2.75) is 25.2 Å². The summed E-state index contributed by atoms with van der Waals surface area (Å²) in [6.45, 7) is 0.749. The standard InChI is InChI=1S/C10H19NO6S/c1-6(13)11-7(10(16)17-2)4-18-5-9(15)8(14)3-12/h7-9,12,14-15H,3-5H2,1-2H3,(H,11,13). The van der Waals surface area contributed by atoms with Crippen molar-refractivity contribution >= 4 is 23.6 Å². The lowest BCUT2D eigenvalue weighted by Gasteiger charge is -2.18. The highest BCUT2D eigenvalue weighted by Gasteiger charge is 2.21. The topological polar surface area (TPSA) is 116 Å². The molecule has 0 aliphatic rings. The van der Waals surface area contributed by atoms with Crippen LogP contribution in [0.3, 0.4) is 0 Å². The summed E-state index contributed by atoms with van der Waals surface area (Å²) in [6, 6.07) is -0.795. The Morgan fingerprint density at radius 3 is 2.33 bits per heavy atom. The van der Waals surface area contributed by atoms with E-state index in [1.807, 2.05) is 0 Å². The lowest BCUT2D eigenvalue weighted by Crippen LogP contribution is -2.42. The van der Waals surface area contributed by atoms with Crippen LogP contribution in [0.15, 0.2) is 0 Å². The molecule has 0 aromatic carbocycles. The van der Waals surface area contributed by atoms with Gasteiger partial charge in [-0.25, -0.2) is 4.79 Å². The summed E-state index contributed by atoms with van der Waals surface area (Å²) in [4.78, 5) is 22.2. The number of aliphatic hydroxyl groups excluding tert-OH is 3. The number of aliphatic hydroxyl groups is 3. The minimum atomic E-state index is -1.21. The summed E-state index contributed by atoms with van der Waals surface area (Å²) in [5.74, 6) is -0.590. The Labute approximate surface area is 110 Å². The van der Waals surface area contributed by atoms with E-state index in [-0.39, 0.29) is 17.4 Å². The third kappa shape index (κ3) is 6.80. The van der Waals surface area contributed by atoms with Crippen molar-refractivity contribution in [3.05, 3.63) is 0 Å². The molecule has 0 radical (unpaired) electrons. The van der Waals surface area contributed by atoms with E-state index < -0.39 is 30.8 Å². The van der Waals surface area contributed by atoms with E-state index in [9.17, 15) is 14.7 Å². The monoisotopic (exact) mass is 281 g/mol. The minimum Gasteiger partial charge on any atom is -0.467 e. The van der Waals surface area contributed by atoms with E-state index in [0.29, 0.717) is 0 Å². The highest BCUT2D eigenvalue weighted by atomic mass is 32.2. The summed E-state index contributed by atoms with van der Waals surface area (Å²) in [5, 5.41) is 29.5. The van der Waals surface area contributed by atoms with Gasteiger partial charge in [-0.3, -0.25) is 4.79 Å². The normalized spacial score (nSPS) is 15.6. The van der Waals surface area contributed by atoms with E-state index in [4.69, 9.17) is 10.2 Å². The Morgan fingerprint density at radius 2 is 1.89 bits per heavy atom. The number of carbonyl (C=O) groups excluding carboxylic acids is 2. The molecule has 1 amide bonds. The van der Waals surface area contributed by atoms with Crippen molar-refractivity contribution in [3.8, 4) is 0 Å². The van der Waals surface area contributed by atoms with Gasteiger partial charge in [-0.2, -0.15) is 11.8 Å². The van der Waals surface area contributed by atoms with Crippen LogP contribution >= 0.6 is 11.8 Å². The summed E-state index contributed by atoms with van der Waals surface area (Å²) in [6.07, 6.45) is -2.30. The molecule has 3 unspecified atom stereocenters. The van der Waals surface area contributed by atoms with Gasteiger partial charge < -0.3 is 25.4 Å². The first-order chi connectivity index (χ1) is 8.42. The molecule has 18 heavy (non-hydrogen) atoms. The lowest BCUT2D eigenvalue weighted by molar-refractivity contribution is -0.144. The van der Waals surface area contributed by atoms with Gasteiger partial charge in [-0.05, 0) is 0 Å². The van der Waals surface area contributed by atoms with Crippen LogP contribution in [0.4, 0.5) is 0 Å². The molecule has 0 bridgehead atoms. The highest BCUT2D eigenvalue weighted by Crippen LogP contribution is 2.09. The average molecular weight is 281 g/mol. The molecule has 0 aromatic heterocycles. The summed E-state index contributed by atoms with van der Waals surface area (Å²) < 4.78 is 4.52. The Hall–Kier alpha value is -0.830. The Morgan fingerprint density at radius 1 is 1.28 bits per heavy atom. The van der Waals surface area contributed by atoms with E-state index in [1.165, 1.54) is 14.0 Å². The summed E-state index contributed by atoms with van der Waals surface area (Å²) in [7, 11) is 1.21. The van der Waals surface area contributed by atoms with Crippen molar-refractivity contribution in [1.29, 1.82) is 0 Å². The van der Waals surface area contributed by atoms with Crippen LogP contribution in [0.2, 0.25) is 0 Å². The number of ether oxygens (including phenoxy) is 1. The molecule has 4 N–H and O–H groups in total. The van der Waals surface area contributed by atoms with Crippen molar-refractivity contribution < 1.29 is 29.6 Å². The van der Waals surface area contributed by atoms with Crippen molar-refractivity contribution in [1.82, 2.24) is 5.32 Å². The first-order valence-corrected chi connectivity index (χ1v) is 6.47. The second-order valence-corrected chi connectivity index (χ2v) is 4.71. The molecule has 106 valence electrons. The van der Waals surface area contributed by atoms with E-state index >= 15 is 0 Å². The quantitative estimate of drug-likeness (QED) is 0.384. The molecule has 0 spiro atoms. The second kappa shape index (κ2) is 9.15. The fraction of sp³-hybridized carbons (Fsp3) is 0.800. The maximum Gasteiger partial charge on any atom is 0.329 e. The number of hydrogen-bond acceptors (Lipinski definition) is 7. The lowest BCUT2D eigenvalue weighted by atomic mass is 10.2. The van der Waals surface area contributed by atoms with Gasteiger partial charge in [-0.15, -0.1) is 0 Å². The molecule has 0 rings (SSSR count). The number of carbonyl (C=O) groups is 2. The summed E-state index contributed by atoms with van der Waals surface area (Å²) in [5.41, 5.74) is 0. The fourth-order valence-electron chi connectivity index (χ4n) is 1.10. The number of thioether (sulfide) groups is 1. The number of hydrogen-bond donors (Lipinski definition) is 4. The largest absolute Gasteiger partial charge is 0.467 e. The van der Waals surface area contributed by atoms with Crippen LogP contribution in [0.1, 0.15) is 6.92 Å². The summed E-state index contributed by atoms with van der Waals surface area (Å²) >= 11 is 1.16. The van der Waals surface area contributed by atoms with Crippen LogP contribution < -0.4 is 5.32 Å². The van der Waals surface area contributed by atoms with E-state index in [1.54, 1.807) is 0 Å². The molecular weight excluding hydrogens is 262 g/mol. The molecule has 0 saturated heterocycles. The van der Waals surface area contributed by atoms with Crippen LogP contribution in [-0.4, -0.2) is 70.7 Å². The number of nitrogens with one attached hydrogen (secondary N) is 1. The predicted molar refractivity (Wildman–Crippen MR) is 66.0 cm³/mol. The Balaban J connectivity index is 4.11. The maximum atomic E-state index is 11.3. The van der Waals surface area contributed by atoms with Crippen molar-refractivity contribution in [2.75, 3.05) is 25.2 Å². The molecule has 7 nitrogen and oxygen atoms in total. The maximum absolute atomic E-state index is 11.3. The number of methoxy groups -OCH3 is 1. The number of rotatable bonds is 8. The van der Waals surface area contributed by atoms with Crippen molar-refractivity contribution in [3.63, 3.8) is 0 Å². The van der Waals surface area contributed by atoms with Gasteiger partial charge in [0.25, 0.3) is 0 Å². The van der Waals surface area contributed by atoms with Gasteiger partial charge in [0.15, 0.2) is 0 Å². The third-order valence-corrected chi connectivity index (χ3v) is 3.21. The van der Waals surface area contributed by atoms with Crippen LogP contribution in [0, 0.1) is 0 Å². The van der Waals surface area contributed by atoms with Gasteiger partial charge in [0.05, 0.1) is 19.8 Å². The Bertz CT molecular complexity index is 275. The zero-order valence-electron chi connectivity index (χ0n) is 10.3.